The molecule has 8 heteroatoms. The maximum Gasteiger partial charge on any atom is 0.411 e. The van der Waals surface area contributed by atoms with Gasteiger partial charge in [0.2, 0.25) is 11.9 Å². The molecule has 0 radical (unpaired) electrons. The lowest BCUT2D eigenvalue weighted by Gasteiger charge is -2.38. The fraction of sp³-hybridized carbons (Fsp3) is 0.357. The highest BCUT2D eigenvalue weighted by Gasteiger charge is 2.55. The van der Waals surface area contributed by atoms with Crippen LogP contribution in [0.4, 0.5) is 9.18 Å². The van der Waals surface area contributed by atoms with Crippen LogP contribution >= 0.6 is 0 Å². The summed E-state index contributed by atoms with van der Waals surface area (Å²) in [6.45, 7) is 0.129. The Morgan fingerprint density at radius 3 is 2.95 bits per heavy atom. The number of benzene rings is 1. The summed E-state index contributed by atoms with van der Waals surface area (Å²) in [6.07, 6.45) is -1.35. The number of carboxylic acid groups (broad SMARTS) is 1. The van der Waals surface area contributed by atoms with Crippen LogP contribution < -0.4 is 5.32 Å². The number of aliphatic imine (C=N–C) groups is 1. The van der Waals surface area contributed by atoms with Crippen molar-refractivity contribution in [1.29, 1.82) is 0 Å². The van der Waals surface area contributed by atoms with E-state index in [1.54, 1.807) is 6.07 Å². The molecule has 7 nitrogen and oxygen atoms in total. The third-order valence-electron chi connectivity index (χ3n) is 3.99. The Kier molecular flexibility index (Phi) is 3.32. The van der Waals surface area contributed by atoms with Crippen LogP contribution in [0.1, 0.15) is 5.56 Å². The van der Waals surface area contributed by atoms with Crippen LogP contribution in [0.3, 0.4) is 0 Å². The SMILES string of the molecule is CN1C(=O)C2COCC2(c2ccccc2F)N=C1NC(=O)O. The first-order valence-electron chi connectivity index (χ1n) is 6.66. The van der Waals surface area contributed by atoms with E-state index in [4.69, 9.17) is 9.84 Å². The molecule has 2 atom stereocenters. The first kappa shape index (κ1) is 14.5. The minimum atomic E-state index is -1.35. The number of halogens is 1. The highest BCUT2D eigenvalue weighted by Crippen LogP contribution is 2.43. The fourth-order valence-corrected chi connectivity index (χ4v) is 2.90. The number of amides is 2. The number of carbonyl (C=O) groups is 2. The Morgan fingerprint density at radius 2 is 2.27 bits per heavy atom. The molecule has 2 aliphatic rings. The highest BCUT2D eigenvalue weighted by molar-refractivity contribution is 6.05. The molecule has 116 valence electrons. The topological polar surface area (TPSA) is 91.2 Å². The quantitative estimate of drug-likeness (QED) is 0.801. The van der Waals surface area contributed by atoms with E-state index in [-0.39, 0.29) is 30.6 Å². The van der Waals surface area contributed by atoms with Crippen molar-refractivity contribution in [2.24, 2.45) is 10.9 Å². The van der Waals surface area contributed by atoms with Crippen molar-refractivity contribution in [3.8, 4) is 0 Å². The number of hydrogen-bond donors (Lipinski definition) is 2. The van der Waals surface area contributed by atoms with E-state index in [0.29, 0.717) is 0 Å². The number of nitrogens with one attached hydrogen (secondary N) is 1. The van der Waals surface area contributed by atoms with E-state index in [1.165, 1.54) is 25.2 Å². The zero-order chi connectivity index (χ0) is 15.9. The van der Waals surface area contributed by atoms with Gasteiger partial charge in [0.05, 0.1) is 19.1 Å². The summed E-state index contributed by atoms with van der Waals surface area (Å²) < 4.78 is 19.6. The van der Waals surface area contributed by atoms with Crippen LogP contribution in [0, 0.1) is 11.7 Å². The number of ether oxygens (including phenoxy) is 1. The second-order valence-corrected chi connectivity index (χ2v) is 5.23. The van der Waals surface area contributed by atoms with E-state index in [1.807, 2.05) is 0 Å². The van der Waals surface area contributed by atoms with Crippen LogP contribution in [-0.2, 0) is 15.1 Å². The fourth-order valence-electron chi connectivity index (χ4n) is 2.90. The molecule has 2 aliphatic heterocycles. The molecule has 2 unspecified atom stereocenters. The summed E-state index contributed by atoms with van der Waals surface area (Å²) in [5.41, 5.74) is -1.02. The monoisotopic (exact) mass is 307 g/mol. The summed E-state index contributed by atoms with van der Waals surface area (Å²) in [5, 5.41) is 11.0. The van der Waals surface area contributed by atoms with Crippen molar-refractivity contribution in [3.05, 3.63) is 35.6 Å². The molecule has 2 amide bonds. The van der Waals surface area contributed by atoms with E-state index in [9.17, 15) is 14.0 Å². The molecule has 1 aromatic carbocycles. The average molecular weight is 307 g/mol. The van der Waals surface area contributed by atoms with Gasteiger partial charge in [0.15, 0.2) is 0 Å². The van der Waals surface area contributed by atoms with Gasteiger partial charge in [-0.2, -0.15) is 0 Å². The molecule has 0 aromatic heterocycles. The predicted octanol–water partition coefficient (Wildman–Crippen LogP) is 0.763. The van der Waals surface area contributed by atoms with Gasteiger partial charge in [0.25, 0.3) is 0 Å². The molecule has 1 saturated heterocycles. The molecular formula is C14H14FN3O4. The molecule has 0 bridgehead atoms. The van der Waals surface area contributed by atoms with Crippen molar-refractivity contribution >= 4 is 18.0 Å². The normalized spacial score (nSPS) is 27.4. The van der Waals surface area contributed by atoms with E-state index in [2.05, 4.69) is 10.3 Å². The molecule has 2 N–H and O–H groups in total. The van der Waals surface area contributed by atoms with Gasteiger partial charge in [0.1, 0.15) is 11.4 Å². The number of hydrogen-bond acceptors (Lipinski definition) is 4. The molecule has 0 saturated carbocycles. The summed E-state index contributed by atoms with van der Waals surface area (Å²) in [7, 11) is 1.42. The van der Waals surface area contributed by atoms with E-state index >= 15 is 0 Å². The zero-order valence-electron chi connectivity index (χ0n) is 11.7. The van der Waals surface area contributed by atoms with Gasteiger partial charge in [-0.25, -0.2) is 14.2 Å². The minimum Gasteiger partial charge on any atom is -0.465 e. The zero-order valence-corrected chi connectivity index (χ0v) is 11.7. The van der Waals surface area contributed by atoms with Gasteiger partial charge in [0, 0.05) is 12.6 Å². The van der Waals surface area contributed by atoms with Gasteiger partial charge in [-0.3, -0.25) is 15.0 Å². The Morgan fingerprint density at radius 1 is 1.55 bits per heavy atom. The summed E-state index contributed by atoms with van der Waals surface area (Å²) in [6, 6.07) is 6.00. The number of fused-ring (bicyclic) bond motifs is 1. The van der Waals surface area contributed by atoms with Crippen molar-refractivity contribution in [3.63, 3.8) is 0 Å². The summed E-state index contributed by atoms with van der Waals surface area (Å²) >= 11 is 0. The molecule has 22 heavy (non-hydrogen) atoms. The van der Waals surface area contributed by atoms with Crippen LogP contribution in [0.25, 0.3) is 0 Å². The number of carbonyl (C=O) groups excluding carboxylic acids is 1. The highest BCUT2D eigenvalue weighted by atomic mass is 19.1. The van der Waals surface area contributed by atoms with E-state index < -0.39 is 23.4 Å². The smallest absolute Gasteiger partial charge is 0.411 e. The molecule has 0 aliphatic carbocycles. The second-order valence-electron chi connectivity index (χ2n) is 5.23. The van der Waals surface area contributed by atoms with Gasteiger partial charge in [-0.15, -0.1) is 0 Å². The molecule has 3 rings (SSSR count). The minimum absolute atomic E-state index is 0.0168. The van der Waals surface area contributed by atoms with E-state index in [0.717, 1.165) is 4.90 Å². The molecule has 1 fully saturated rings. The van der Waals surface area contributed by atoms with Crippen molar-refractivity contribution in [1.82, 2.24) is 10.2 Å². The number of rotatable bonds is 1. The van der Waals surface area contributed by atoms with Crippen molar-refractivity contribution in [2.45, 2.75) is 5.54 Å². The lowest BCUT2D eigenvalue weighted by Crippen LogP contribution is -2.56. The van der Waals surface area contributed by atoms with Gasteiger partial charge < -0.3 is 9.84 Å². The van der Waals surface area contributed by atoms with Crippen LogP contribution in [0.5, 0.6) is 0 Å². The first-order chi connectivity index (χ1) is 10.5. The molecular weight excluding hydrogens is 293 g/mol. The predicted molar refractivity (Wildman–Crippen MR) is 73.8 cm³/mol. The third-order valence-corrected chi connectivity index (χ3v) is 3.99. The van der Waals surface area contributed by atoms with Gasteiger partial charge >= 0.3 is 6.09 Å². The Hall–Kier alpha value is -2.48. The van der Waals surface area contributed by atoms with Crippen LogP contribution in [0.15, 0.2) is 29.3 Å². The lowest BCUT2D eigenvalue weighted by molar-refractivity contribution is -0.133. The summed E-state index contributed by atoms with van der Waals surface area (Å²) in [4.78, 5) is 28.8. The van der Waals surface area contributed by atoms with Crippen molar-refractivity contribution in [2.75, 3.05) is 20.3 Å². The maximum absolute atomic E-state index is 14.2. The van der Waals surface area contributed by atoms with Crippen LogP contribution in [0.2, 0.25) is 0 Å². The first-order valence-corrected chi connectivity index (χ1v) is 6.66. The van der Waals surface area contributed by atoms with Crippen LogP contribution in [-0.4, -0.2) is 48.2 Å². The largest absolute Gasteiger partial charge is 0.465 e. The van der Waals surface area contributed by atoms with Gasteiger partial charge in [-0.1, -0.05) is 18.2 Å². The average Bonchev–Trinajstić information content (AvgIpc) is 2.89. The summed E-state index contributed by atoms with van der Waals surface area (Å²) in [5.74, 6) is -1.69. The third kappa shape index (κ3) is 2.03. The molecule has 1 aromatic rings. The standard InChI is InChI=1S/C14H14FN3O4/c1-18-11(19)9-6-22-7-14(9,17-12(18)16-13(20)21)8-4-2-3-5-10(8)15/h2-5,9H,6-7H2,1H3,(H,16,17)(H,20,21). The van der Waals surface area contributed by atoms with Gasteiger partial charge in [-0.05, 0) is 6.07 Å². The lowest BCUT2D eigenvalue weighted by atomic mass is 9.79. The maximum atomic E-state index is 14.2. The number of guanidine groups is 1. The van der Waals surface area contributed by atoms with Crippen molar-refractivity contribution < 1.29 is 23.8 Å². The molecule has 2 heterocycles. The number of nitrogens with zero attached hydrogens (tertiary/aromatic N) is 2. The molecule has 0 spiro atoms. The Bertz CT molecular complexity index is 678. The Balaban J connectivity index is 2.17. The Labute approximate surface area is 125 Å². The second kappa shape index (κ2) is 5.06.